The number of hydrogen-bond acceptors (Lipinski definition) is 11. The van der Waals surface area contributed by atoms with Gasteiger partial charge >= 0.3 is 24.2 Å². The maximum absolute atomic E-state index is 12.4. The molecule has 0 aliphatic rings. The molecule has 0 heterocycles. The van der Waals surface area contributed by atoms with Crippen LogP contribution in [0.25, 0.3) is 0 Å². The third kappa shape index (κ3) is 12.8. The molecule has 1 rings (SSSR count). The molecule has 214 valence electrons. The zero-order valence-electron chi connectivity index (χ0n) is 24.0. The molecule has 0 fully saturated rings. The van der Waals surface area contributed by atoms with E-state index in [1.807, 2.05) is 0 Å². The number of esters is 2. The third-order valence-electron chi connectivity index (χ3n) is 4.31. The Kier molecular flexibility index (Phi) is 11.1. The van der Waals surface area contributed by atoms with Crippen LogP contribution < -0.4 is 15.2 Å². The van der Waals surface area contributed by atoms with Crippen molar-refractivity contribution < 1.29 is 47.6 Å². The minimum Gasteiger partial charge on any atom is -0.461 e. The predicted octanol–water partition coefficient (Wildman–Crippen LogP) is 4.71. The van der Waals surface area contributed by atoms with Gasteiger partial charge in [0.25, 0.3) is 0 Å². The molecule has 11 nitrogen and oxygen atoms in total. The van der Waals surface area contributed by atoms with E-state index in [1.165, 1.54) is 12.1 Å². The van der Waals surface area contributed by atoms with Crippen LogP contribution in [0.4, 0.5) is 9.59 Å². The van der Waals surface area contributed by atoms with Gasteiger partial charge in [-0.25, -0.2) is 9.59 Å². The van der Waals surface area contributed by atoms with E-state index < -0.39 is 53.0 Å². The first-order valence-electron chi connectivity index (χ1n) is 12.2. The van der Waals surface area contributed by atoms with E-state index >= 15 is 0 Å². The zero-order valence-corrected chi connectivity index (χ0v) is 24.0. The van der Waals surface area contributed by atoms with Gasteiger partial charge in [-0.2, -0.15) is 0 Å². The number of benzene rings is 1. The van der Waals surface area contributed by atoms with Gasteiger partial charge in [-0.3, -0.25) is 9.59 Å². The average molecular weight is 540 g/mol. The highest BCUT2D eigenvalue weighted by Gasteiger charge is 2.27. The maximum Gasteiger partial charge on any atom is 0.514 e. The Morgan fingerprint density at radius 1 is 0.816 bits per heavy atom. The third-order valence-corrected chi connectivity index (χ3v) is 4.31. The monoisotopic (exact) mass is 539 g/mol. The molecule has 0 radical (unpaired) electrons. The molecule has 1 aromatic rings. The van der Waals surface area contributed by atoms with E-state index in [-0.39, 0.29) is 24.5 Å². The fourth-order valence-electron chi connectivity index (χ4n) is 2.60. The summed E-state index contributed by atoms with van der Waals surface area (Å²) in [5.41, 5.74) is 4.17. The van der Waals surface area contributed by atoms with Gasteiger partial charge in [-0.1, -0.05) is 6.07 Å². The van der Waals surface area contributed by atoms with Crippen LogP contribution in [0.2, 0.25) is 0 Å². The minimum atomic E-state index is -1.08. The second-order valence-electron chi connectivity index (χ2n) is 11.8. The number of rotatable bonds is 8. The molecule has 11 heteroatoms. The van der Waals surface area contributed by atoms with Crippen LogP contribution >= 0.6 is 0 Å². The van der Waals surface area contributed by atoms with Crippen molar-refractivity contribution in [1.29, 1.82) is 0 Å². The molecule has 0 aliphatic carbocycles. The van der Waals surface area contributed by atoms with Crippen molar-refractivity contribution in [3.05, 3.63) is 23.8 Å². The number of nitrogens with two attached hydrogens (primary N) is 1. The van der Waals surface area contributed by atoms with Gasteiger partial charge in [-0.05, 0) is 93.4 Å². The Bertz CT molecular complexity index is 999. The topological polar surface area (TPSA) is 150 Å². The Morgan fingerprint density at radius 3 is 1.79 bits per heavy atom. The van der Waals surface area contributed by atoms with E-state index in [0.717, 1.165) is 0 Å². The van der Waals surface area contributed by atoms with E-state index in [4.69, 9.17) is 34.2 Å². The summed E-state index contributed by atoms with van der Waals surface area (Å²) in [6, 6.07) is 3.24. The van der Waals surface area contributed by atoms with Gasteiger partial charge in [0, 0.05) is 0 Å². The zero-order chi connectivity index (χ0) is 29.5. The van der Waals surface area contributed by atoms with Crippen LogP contribution in [-0.4, -0.2) is 54.2 Å². The Morgan fingerprint density at radius 2 is 1.32 bits per heavy atom. The van der Waals surface area contributed by atoms with Crippen molar-refractivity contribution in [1.82, 2.24) is 0 Å². The molecule has 2 N–H and O–H groups in total. The lowest BCUT2D eigenvalue weighted by Crippen LogP contribution is -2.37. The van der Waals surface area contributed by atoms with Crippen LogP contribution in [0.1, 0.15) is 74.8 Å². The Balaban J connectivity index is 2.95. The first-order valence-corrected chi connectivity index (χ1v) is 12.2. The second kappa shape index (κ2) is 12.9. The SMILES string of the molecule is C[C@@H](COC(=O)[C@@H](N)Cc1ccc(OC(=O)OC(C)(C)C)c(OC(=O)OC(C)(C)C)c1)OC(=O)C(C)(C)C. The molecule has 38 heavy (non-hydrogen) atoms. The van der Waals surface area contributed by atoms with Gasteiger partial charge in [0.2, 0.25) is 0 Å². The molecule has 1 aromatic carbocycles. The normalized spacial score (nSPS) is 13.6. The van der Waals surface area contributed by atoms with E-state index in [0.29, 0.717) is 5.56 Å². The summed E-state index contributed by atoms with van der Waals surface area (Å²) in [6.45, 7) is 16.6. The maximum atomic E-state index is 12.4. The summed E-state index contributed by atoms with van der Waals surface area (Å²) in [5, 5.41) is 0. The van der Waals surface area contributed by atoms with Crippen LogP contribution in [-0.2, 0) is 35.0 Å². The molecule has 0 bridgehead atoms. The van der Waals surface area contributed by atoms with Crippen molar-refractivity contribution in [3.63, 3.8) is 0 Å². The lowest BCUT2D eigenvalue weighted by Gasteiger charge is -2.21. The Labute approximate surface area is 224 Å². The van der Waals surface area contributed by atoms with Gasteiger partial charge in [0.1, 0.15) is 30.0 Å². The highest BCUT2D eigenvalue weighted by molar-refractivity contribution is 5.77. The van der Waals surface area contributed by atoms with Gasteiger partial charge in [0.05, 0.1) is 5.41 Å². The molecular formula is C27H41NO10. The van der Waals surface area contributed by atoms with Crippen molar-refractivity contribution >= 4 is 24.2 Å². The van der Waals surface area contributed by atoms with Crippen molar-refractivity contribution in [2.45, 2.75) is 99.0 Å². The molecule has 0 aliphatic heterocycles. The Hall–Kier alpha value is -3.34. The predicted molar refractivity (Wildman–Crippen MR) is 138 cm³/mol. The highest BCUT2D eigenvalue weighted by Crippen LogP contribution is 2.31. The van der Waals surface area contributed by atoms with E-state index in [2.05, 4.69) is 0 Å². The first-order chi connectivity index (χ1) is 17.2. The smallest absolute Gasteiger partial charge is 0.461 e. The van der Waals surface area contributed by atoms with E-state index in [9.17, 15) is 19.2 Å². The number of carbonyl (C=O) groups excluding carboxylic acids is 4. The van der Waals surface area contributed by atoms with Crippen molar-refractivity contribution in [2.24, 2.45) is 11.1 Å². The fourth-order valence-corrected chi connectivity index (χ4v) is 2.60. The number of hydrogen-bond donors (Lipinski definition) is 1. The minimum absolute atomic E-state index is 0.00634. The lowest BCUT2D eigenvalue weighted by atomic mass is 9.97. The van der Waals surface area contributed by atoms with Gasteiger partial charge in [-0.15, -0.1) is 0 Å². The van der Waals surface area contributed by atoms with Crippen molar-refractivity contribution in [2.75, 3.05) is 6.61 Å². The summed E-state index contributed by atoms with van der Waals surface area (Å²) in [7, 11) is 0. The summed E-state index contributed by atoms with van der Waals surface area (Å²) in [4.78, 5) is 48.8. The molecule has 0 aromatic heterocycles. The van der Waals surface area contributed by atoms with Crippen molar-refractivity contribution in [3.8, 4) is 11.5 Å². The van der Waals surface area contributed by atoms with Crippen LogP contribution in [0.3, 0.4) is 0 Å². The van der Waals surface area contributed by atoms with Gasteiger partial charge < -0.3 is 34.2 Å². The van der Waals surface area contributed by atoms with E-state index in [1.54, 1.807) is 75.3 Å². The summed E-state index contributed by atoms with van der Waals surface area (Å²) < 4.78 is 31.3. The van der Waals surface area contributed by atoms with Crippen LogP contribution in [0.5, 0.6) is 11.5 Å². The number of ether oxygens (including phenoxy) is 6. The summed E-state index contributed by atoms with van der Waals surface area (Å²) in [6.07, 6.45) is -2.67. The molecule has 0 saturated heterocycles. The molecular weight excluding hydrogens is 498 g/mol. The fraction of sp³-hybridized carbons (Fsp3) is 0.630. The molecule has 0 unspecified atom stereocenters. The second-order valence-corrected chi connectivity index (χ2v) is 11.8. The lowest BCUT2D eigenvalue weighted by molar-refractivity contribution is -0.165. The summed E-state index contributed by atoms with van der Waals surface area (Å²) in [5.74, 6) is -1.37. The van der Waals surface area contributed by atoms with Gasteiger partial charge in [0.15, 0.2) is 11.5 Å². The molecule has 0 saturated carbocycles. The van der Waals surface area contributed by atoms with Crippen LogP contribution in [0.15, 0.2) is 18.2 Å². The number of carbonyl (C=O) groups is 4. The molecule has 2 atom stereocenters. The highest BCUT2D eigenvalue weighted by atomic mass is 16.8. The molecule has 0 amide bonds. The first kappa shape index (κ1) is 32.7. The van der Waals surface area contributed by atoms with Crippen LogP contribution in [0, 0.1) is 5.41 Å². The standard InChI is InChI=1S/C27H41NO10/c1-16(34-22(30)25(2,3)4)15-33-21(29)18(28)13-17-11-12-19(35-23(31)37-26(5,6)7)20(14-17)36-24(32)38-27(8,9)10/h11-12,14,16,18H,13,15,28H2,1-10H3/t16-,18-/m0/s1. The largest absolute Gasteiger partial charge is 0.514 e. The quantitative estimate of drug-likeness (QED) is 0.278. The molecule has 0 spiro atoms. The summed E-state index contributed by atoms with van der Waals surface area (Å²) >= 11 is 0. The average Bonchev–Trinajstić information content (AvgIpc) is 2.70.